The quantitative estimate of drug-likeness (QED) is 0.428. The maximum atomic E-state index is 9.35. The minimum atomic E-state index is 0.534. The molecule has 0 radical (unpaired) electrons. The highest BCUT2D eigenvalue weighted by Crippen LogP contribution is 2.39. The van der Waals surface area contributed by atoms with E-state index in [2.05, 4.69) is 58.8 Å². The molecule has 1 heterocycles. The lowest BCUT2D eigenvalue weighted by Crippen LogP contribution is -1.94. The van der Waals surface area contributed by atoms with Gasteiger partial charge in [-0.3, -0.25) is 0 Å². The Hall–Kier alpha value is -0.350. The van der Waals surface area contributed by atoms with Crippen molar-refractivity contribution < 1.29 is 0 Å². The van der Waals surface area contributed by atoms with Crippen molar-refractivity contribution in [2.24, 2.45) is 0 Å². The van der Waals surface area contributed by atoms with Crippen LogP contribution in [0.3, 0.4) is 0 Å². The molecular formula is C13H7Br3N2S. The molecule has 0 aliphatic carbocycles. The van der Waals surface area contributed by atoms with Gasteiger partial charge in [0.1, 0.15) is 15.7 Å². The molecule has 0 N–H and O–H groups in total. The van der Waals surface area contributed by atoms with Gasteiger partial charge in [-0.05, 0) is 55.8 Å². The van der Waals surface area contributed by atoms with E-state index in [0.717, 1.165) is 25.1 Å². The molecule has 0 fully saturated rings. The first-order valence-electron chi connectivity index (χ1n) is 5.17. The Labute approximate surface area is 141 Å². The van der Waals surface area contributed by atoms with Crippen molar-refractivity contribution in [3.05, 3.63) is 43.4 Å². The van der Waals surface area contributed by atoms with Crippen LogP contribution in [0, 0.1) is 11.3 Å². The van der Waals surface area contributed by atoms with Crippen molar-refractivity contribution in [1.82, 2.24) is 4.98 Å². The number of pyridine rings is 1. The second-order valence-electron chi connectivity index (χ2n) is 3.59. The summed E-state index contributed by atoms with van der Waals surface area (Å²) in [5.41, 5.74) is 2.37. The number of nitrogens with zero attached hydrogens (tertiary/aromatic N) is 2. The Bertz CT molecular complexity index is 662. The van der Waals surface area contributed by atoms with E-state index >= 15 is 0 Å². The van der Waals surface area contributed by atoms with E-state index in [4.69, 9.17) is 0 Å². The van der Waals surface area contributed by atoms with Gasteiger partial charge in [0.15, 0.2) is 0 Å². The molecule has 2 aromatic rings. The molecule has 6 heteroatoms. The third-order valence-electron chi connectivity index (χ3n) is 2.50. The van der Waals surface area contributed by atoms with Crippen molar-refractivity contribution in [2.75, 3.05) is 6.26 Å². The predicted octanol–water partition coefficient (Wildman–Crippen LogP) is 5.63. The molecule has 19 heavy (non-hydrogen) atoms. The van der Waals surface area contributed by atoms with Gasteiger partial charge in [0.05, 0.1) is 10.0 Å². The van der Waals surface area contributed by atoms with E-state index < -0.39 is 0 Å². The summed E-state index contributed by atoms with van der Waals surface area (Å²) < 4.78 is 2.42. The first kappa shape index (κ1) is 15.0. The molecule has 2 nitrogen and oxygen atoms in total. The smallest absolute Gasteiger partial charge is 0.125 e. The molecule has 0 bridgehead atoms. The van der Waals surface area contributed by atoms with Crippen molar-refractivity contribution >= 4 is 59.6 Å². The molecule has 1 aromatic carbocycles. The van der Waals surface area contributed by atoms with Crippen LogP contribution in [0.25, 0.3) is 11.1 Å². The van der Waals surface area contributed by atoms with Gasteiger partial charge < -0.3 is 0 Å². The van der Waals surface area contributed by atoms with E-state index in [1.807, 2.05) is 30.5 Å². The van der Waals surface area contributed by atoms with Crippen molar-refractivity contribution in [1.29, 1.82) is 5.26 Å². The van der Waals surface area contributed by atoms with Crippen LogP contribution in [-0.2, 0) is 0 Å². The second kappa shape index (κ2) is 6.40. The van der Waals surface area contributed by atoms with Crippen LogP contribution in [0.4, 0.5) is 0 Å². The van der Waals surface area contributed by atoms with E-state index in [1.165, 1.54) is 11.8 Å². The highest BCUT2D eigenvalue weighted by molar-refractivity contribution is 9.11. The molecule has 1 aromatic heterocycles. The fourth-order valence-electron chi connectivity index (χ4n) is 1.64. The SMILES string of the molecule is CSc1nc(Br)c(C#N)c(-c2ccc(Br)cc2)c1Br. The molecule has 0 spiro atoms. The minimum absolute atomic E-state index is 0.534. The zero-order valence-corrected chi connectivity index (χ0v) is 15.3. The molecule has 96 valence electrons. The summed E-state index contributed by atoms with van der Waals surface area (Å²) >= 11 is 11.9. The average molecular weight is 463 g/mol. The molecule has 0 aliphatic rings. The largest absolute Gasteiger partial charge is 0.232 e. The lowest BCUT2D eigenvalue weighted by atomic mass is 10.0. The van der Waals surface area contributed by atoms with Gasteiger partial charge >= 0.3 is 0 Å². The summed E-state index contributed by atoms with van der Waals surface area (Å²) in [5.74, 6) is 0. The van der Waals surface area contributed by atoms with E-state index in [0.29, 0.717) is 10.2 Å². The molecule has 0 aliphatic heterocycles. The van der Waals surface area contributed by atoms with Crippen LogP contribution in [-0.4, -0.2) is 11.2 Å². The number of benzene rings is 1. The van der Waals surface area contributed by atoms with Gasteiger partial charge in [-0.15, -0.1) is 11.8 Å². The Kier molecular flexibility index (Phi) is 5.07. The van der Waals surface area contributed by atoms with Crippen LogP contribution in [0.1, 0.15) is 5.56 Å². The fraction of sp³-hybridized carbons (Fsp3) is 0.0769. The fourth-order valence-corrected chi connectivity index (χ4v) is 3.95. The Morgan fingerprint density at radius 3 is 2.32 bits per heavy atom. The van der Waals surface area contributed by atoms with E-state index in [-0.39, 0.29) is 0 Å². The number of rotatable bonds is 2. The topological polar surface area (TPSA) is 36.7 Å². The first-order chi connectivity index (χ1) is 9.08. The number of hydrogen-bond acceptors (Lipinski definition) is 3. The lowest BCUT2D eigenvalue weighted by molar-refractivity contribution is 1.07. The lowest BCUT2D eigenvalue weighted by Gasteiger charge is -2.11. The van der Waals surface area contributed by atoms with Gasteiger partial charge in [0.25, 0.3) is 0 Å². The number of thioether (sulfide) groups is 1. The van der Waals surface area contributed by atoms with Crippen molar-refractivity contribution in [3.63, 3.8) is 0 Å². The summed E-state index contributed by atoms with van der Waals surface area (Å²) in [5, 5.41) is 10.2. The molecule has 0 atom stereocenters. The number of hydrogen-bond donors (Lipinski definition) is 0. The Morgan fingerprint density at radius 2 is 1.79 bits per heavy atom. The minimum Gasteiger partial charge on any atom is -0.232 e. The maximum absolute atomic E-state index is 9.35. The monoisotopic (exact) mass is 460 g/mol. The van der Waals surface area contributed by atoms with Crippen LogP contribution >= 0.6 is 59.6 Å². The Balaban J connectivity index is 2.77. The highest BCUT2D eigenvalue weighted by atomic mass is 79.9. The average Bonchev–Trinajstić information content (AvgIpc) is 2.41. The maximum Gasteiger partial charge on any atom is 0.125 e. The standard InChI is InChI=1S/C13H7Br3N2S/c1-19-13-11(15)10(9(6-17)12(16)18-13)7-2-4-8(14)5-3-7/h2-5H,1H3. The van der Waals surface area contributed by atoms with Crippen LogP contribution in [0.2, 0.25) is 0 Å². The van der Waals surface area contributed by atoms with E-state index in [9.17, 15) is 5.26 Å². The van der Waals surface area contributed by atoms with Crippen LogP contribution in [0.5, 0.6) is 0 Å². The van der Waals surface area contributed by atoms with Crippen LogP contribution in [0.15, 0.2) is 42.8 Å². The van der Waals surface area contributed by atoms with Gasteiger partial charge in [0.2, 0.25) is 0 Å². The van der Waals surface area contributed by atoms with Gasteiger partial charge in [-0.2, -0.15) is 5.26 Å². The normalized spacial score (nSPS) is 10.3. The van der Waals surface area contributed by atoms with E-state index in [1.54, 1.807) is 0 Å². The van der Waals surface area contributed by atoms with Gasteiger partial charge in [-0.25, -0.2) is 4.98 Å². The summed E-state index contributed by atoms with van der Waals surface area (Å²) in [6.45, 7) is 0. The molecular weight excluding hydrogens is 456 g/mol. The van der Waals surface area contributed by atoms with Crippen LogP contribution < -0.4 is 0 Å². The highest BCUT2D eigenvalue weighted by Gasteiger charge is 2.18. The first-order valence-corrected chi connectivity index (χ1v) is 8.78. The van der Waals surface area contributed by atoms with Gasteiger partial charge in [0, 0.05) is 10.0 Å². The summed E-state index contributed by atoms with van der Waals surface area (Å²) in [6, 6.07) is 10.1. The second-order valence-corrected chi connectivity index (χ2v) is 6.85. The number of nitriles is 1. The summed E-state index contributed by atoms with van der Waals surface area (Å²) in [4.78, 5) is 4.37. The molecule has 0 saturated heterocycles. The zero-order valence-electron chi connectivity index (χ0n) is 9.75. The molecule has 0 amide bonds. The molecule has 0 unspecified atom stereocenters. The predicted molar refractivity (Wildman–Crippen MR) is 89.3 cm³/mol. The third kappa shape index (κ3) is 3.05. The van der Waals surface area contributed by atoms with Gasteiger partial charge in [-0.1, -0.05) is 28.1 Å². The molecule has 2 rings (SSSR count). The van der Waals surface area contributed by atoms with Crippen molar-refractivity contribution in [2.45, 2.75) is 5.03 Å². The summed E-state index contributed by atoms with van der Waals surface area (Å²) in [7, 11) is 0. The molecule has 0 saturated carbocycles. The summed E-state index contributed by atoms with van der Waals surface area (Å²) in [6.07, 6.45) is 1.96. The van der Waals surface area contributed by atoms with Crippen molar-refractivity contribution in [3.8, 4) is 17.2 Å². The number of aromatic nitrogens is 1. The number of halogens is 3. The zero-order chi connectivity index (χ0) is 14.0. The Morgan fingerprint density at radius 1 is 1.16 bits per heavy atom. The third-order valence-corrected chi connectivity index (χ3v) is 5.32.